The Hall–Kier alpha value is -1.44. The summed E-state index contributed by atoms with van der Waals surface area (Å²) < 4.78 is 28.3. The molecule has 0 aliphatic carbocycles. The van der Waals surface area contributed by atoms with Gasteiger partial charge in [-0.15, -0.1) is 0 Å². The van der Waals surface area contributed by atoms with Crippen molar-refractivity contribution in [1.82, 2.24) is 5.32 Å². The summed E-state index contributed by atoms with van der Waals surface area (Å²) in [6.07, 6.45) is 0.268. The normalized spacial score (nSPS) is 23.9. The number of rotatable bonds is 5. The fraction of sp³-hybridized carbons (Fsp3) is 0.500. The minimum absolute atomic E-state index is 0.0517. The van der Waals surface area contributed by atoms with E-state index in [0.29, 0.717) is 12.1 Å². The smallest absolute Gasteiger partial charge is 0.251 e. The predicted octanol–water partition coefficient (Wildman–Crippen LogP) is -0.270. The standard InChI is InChI=1S/C14H20N2O4S/c1-20-13-9-21(18,19)8-12(13)16-14(17)11-4-2-10(3-5-11)6-7-15/h2-5,12-13H,6-9,15H2,1H3,(H,16,17)/t12-,13-/m1/s1. The number of nitrogens with two attached hydrogens (primary N) is 1. The highest BCUT2D eigenvalue weighted by Gasteiger charge is 2.38. The van der Waals surface area contributed by atoms with Crippen LogP contribution in [0.15, 0.2) is 24.3 Å². The van der Waals surface area contributed by atoms with Gasteiger partial charge in [0.1, 0.15) is 0 Å². The summed E-state index contributed by atoms with van der Waals surface area (Å²) in [4.78, 5) is 12.2. The summed E-state index contributed by atoms with van der Waals surface area (Å²) in [5.41, 5.74) is 7.03. The molecule has 0 spiro atoms. The van der Waals surface area contributed by atoms with Crippen LogP contribution in [0.3, 0.4) is 0 Å². The Morgan fingerprint density at radius 2 is 2.00 bits per heavy atom. The van der Waals surface area contributed by atoms with Gasteiger partial charge in [0.2, 0.25) is 0 Å². The maximum absolute atomic E-state index is 12.2. The zero-order valence-corrected chi connectivity index (χ0v) is 12.7. The number of benzene rings is 1. The van der Waals surface area contributed by atoms with Crippen molar-refractivity contribution in [1.29, 1.82) is 0 Å². The summed E-state index contributed by atoms with van der Waals surface area (Å²) >= 11 is 0. The zero-order chi connectivity index (χ0) is 15.5. The van der Waals surface area contributed by atoms with Crippen LogP contribution in [0.1, 0.15) is 15.9 Å². The molecule has 1 saturated heterocycles. The van der Waals surface area contributed by atoms with Crippen molar-refractivity contribution >= 4 is 15.7 Å². The van der Waals surface area contributed by atoms with E-state index < -0.39 is 22.0 Å². The number of hydrogen-bond donors (Lipinski definition) is 2. The van der Waals surface area contributed by atoms with Gasteiger partial charge in [0, 0.05) is 12.7 Å². The molecule has 1 aliphatic heterocycles. The van der Waals surface area contributed by atoms with E-state index in [2.05, 4.69) is 5.32 Å². The van der Waals surface area contributed by atoms with Gasteiger partial charge < -0.3 is 15.8 Å². The van der Waals surface area contributed by atoms with Crippen LogP contribution >= 0.6 is 0 Å². The summed E-state index contributed by atoms with van der Waals surface area (Å²) in [7, 11) is -1.70. The summed E-state index contributed by atoms with van der Waals surface area (Å²) in [6.45, 7) is 0.557. The van der Waals surface area contributed by atoms with E-state index in [0.717, 1.165) is 12.0 Å². The third-order valence-corrected chi connectivity index (χ3v) is 5.27. The SMILES string of the molecule is CO[C@@H]1CS(=O)(=O)C[C@H]1NC(=O)c1ccc(CCN)cc1. The molecule has 2 rings (SSSR count). The molecule has 1 aliphatic rings. The van der Waals surface area contributed by atoms with Gasteiger partial charge in [-0.25, -0.2) is 8.42 Å². The lowest BCUT2D eigenvalue weighted by molar-refractivity contribution is 0.0786. The number of ether oxygens (including phenoxy) is 1. The van der Waals surface area contributed by atoms with Gasteiger partial charge in [-0.1, -0.05) is 12.1 Å². The van der Waals surface area contributed by atoms with Crippen LogP contribution < -0.4 is 11.1 Å². The second-order valence-corrected chi connectivity index (χ2v) is 7.32. The zero-order valence-electron chi connectivity index (χ0n) is 11.9. The monoisotopic (exact) mass is 312 g/mol. The molecule has 0 unspecified atom stereocenters. The molecule has 7 heteroatoms. The Labute approximate surface area is 124 Å². The molecule has 2 atom stereocenters. The third kappa shape index (κ3) is 4.03. The van der Waals surface area contributed by atoms with Gasteiger partial charge in [0.15, 0.2) is 9.84 Å². The summed E-state index contributed by atoms with van der Waals surface area (Å²) in [5, 5.41) is 2.74. The van der Waals surface area contributed by atoms with E-state index in [9.17, 15) is 13.2 Å². The van der Waals surface area contributed by atoms with E-state index in [1.165, 1.54) is 7.11 Å². The molecule has 0 aromatic heterocycles. The molecule has 3 N–H and O–H groups in total. The fourth-order valence-corrected chi connectivity index (χ4v) is 4.27. The van der Waals surface area contributed by atoms with E-state index in [1.54, 1.807) is 12.1 Å². The van der Waals surface area contributed by atoms with Crippen molar-refractivity contribution in [2.45, 2.75) is 18.6 Å². The first-order valence-corrected chi connectivity index (χ1v) is 8.60. The highest BCUT2D eigenvalue weighted by Crippen LogP contribution is 2.16. The summed E-state index contributed by atoms with van der Waals surface area (Å²) in [6, 6.07) is 6.62. The van der Waals surface area contributed by atoms with Crippen molar-refractivity contribution in [3.63, 3.8) is 0 Å². The molecule has 1 aromatic carbocycles. The van der Waals surface area contributed by atoms with Crippen molar-refractivity contribution in [3.8, 4) is 0 Å². The van der Waals surface area contributed by atoms with Crippen LogP contribution in [0.2, 0.25) is 0 Å². The molecule has 21 heavy (non-hydrogen) atoms. The molecule has 116 valence electrons. The molecular weight excluding hydrogens is 292 g/mol. The van der Waals surface area contributed by atoms with Gasteiger partial charge >= 0.3 is 0 Å². The van der Waals surface area contributed by atoms with Crippen LogP contribution in [0.25, 0.3) is 0 Å². The van der Waals surface area contributed by atoms with Crippen molar-refractivity contribution in [2.24, 2.45) is 5.73 Å². The lowest BCUT2D eigenvalue weighted by atomic mass is 10.1. The van der Waals surface area contributed by atoms with Gasteiger partial charge in [-0.05, 0) is 30.7 Å². The maximum Gasteiger partial charge on any atom is 0.251 e. The summed E-state index contributed by atoms with van der Waals surface area (Å²) in [5.74, 6) is -0.426. The number of carbonyl (C=O) groups is 1. The van der Waals surface area contributed by atoms with Crippen LogP contribution in [0.5, 0.6) is 0 Å². The average molecular weight is 312 g/mol. The third-order valence-electron chi connectivity index (χ3n) is 3.57. The van der Waals surface area contributed by atoms with Gasteiger partial charge in [0.05, 0.1) is 23.7 Å². The predicted molar refractivity (Wildman–Crippen MR) is 79.9 cm³/mol. The van der Waals surface area contributed by atoms with E-state index in [4.69, 9.17) is 10.5 Å². The molecule has 1 aromatic rings. The maximum atomic E-state index is 12.2. The quantitative estimate of drug-likeness (QED) is 0.780. The lowest BCUT2D eigenvalue weighted by Gasteiger charge is -2.18. The first-order valence-electron chi connectivity index (χ1n) is 6.78. The fourth-order valence-electron chi connectivity index (χ4n) is 2.42. The average Bonchev–Trinajstić information content (AvgIpc) is 2.74. The molecule has 1 heterocycles. The van der Waals surface area contributed by atoms with Crippen LogP contribution in [0, 0.1) is 0 Å². The number of carbonyl (C=O) groups excluding carboxylic acids is 1. The minimum atomic E-state index is -3.15. The van der Waals surface area contributed by atoms with Gasteiger partial charge in [0.25, 0.3) is 5.91 Å². The van der Waals surface area contributed by atoms with Crippen LogP contribution in [-0.2, 0) is 21.0 Å². The molecule has 1 fully saturated rings. The highest BCUT2D eigenvalue weighted by molar-refractivity contribution is 7.91. The number of hydrogen-bond acceptors (Lipinski definition) is 5. The van der Waals surface area contributed by atoms with Crippen LogP contribution in [0.4, 0.5) is 0 Å². The van der Waals surface area contributed by atoms with Crippen molar-refractivity contribution < 1.29 is 17.9 Å². The molecule has 0 saturated carbocycles. The highest BCUT2D eigenvalue weighted by atomic mass is 32.2. The lowest BCUT2D eigenvalue weighted by Crippen LogP contribution is -2.43. The molecule has 6 nitrogen and oxygen atoms in total. The number of nitrogens with one attached hydrogen (secondary N) is 1. The molecule has 0 bridgehead atoms. The first kappa shape index (κ1) is 15.9. The first-order chi connectivity index (χ1) is 9.95. The largest absolute Gasteiger partial charge is 0.378 e. The minimum Gasteiger partial charge on any atom is -0.378 e. The Balaban J connectivity index is 2.04. The molecule has 1 amide bonds. The van der Waals surface area contributed by atoms with E-state index in [-0.39, 0.29) is 17.4 Å². The Morgan fingerprint density at radius 3 is 2.57 bits per heavy atom. The molecule has 0 radical (unpaired) electrons. The second-order valence-electron chi connectivity index (χ2n) is 5.17. The number of amides is 1. The number of methoxy groups -OCH3 is 1. The van der Waals surface area contributed by atoms with E-state index in [1.807, 2.05) is 12.1 Å². The van der Waals surface area contributed by atoms with Crippen LogP contribution in [-0.4, -0.2) is 51.6 Å². The van der Waals surface area contributed by atoms with Crippen molar-refractivity contribution in [2.75, 3.05) is 25.2 Å². The topological polar surface area (TPSA) is 98.5 Å². The molecular formula is C14H20N2O4S. The Kier molecular flexibility index (Phi) is 4.97. The van der Waals surface area contributed by atoms with E-state index >= 15 is 0 Å². The Morgan fingerprint density at radius 1 is 1.33 bits per heavy atom. The Bertz CT molecular complexity index is 598. The van der Waals surface area contributed by atoms with Gasteiger partial charge in [-0.3, -0.25) is 4.79 Å². The second kappa shape index (κ2) is 6.55. The van der Waals surface area contributed by atoms with Crippen molar-refractivity contribution in [3.05, 3.63) is 35.4 Å². The number of sulfone groups is 1. The van der Waals surface area contributed by atoms with Gasteiger partial charge in [-0.2, -0.15) is 0 Å².